The summed E-state index contributed by atoms with van der Waals surface area (Å²) in [5.74, 6) is 4.41. The van der Waals surface area contributed by atoms with Crippen LogP contribution in [0.4, 0.5) is 0 Å². The molecule has 7 nitrogen and oxygen atoms in total. The molecule has 35 heavy (non-hydrogen) atoms. The van der Waals surface area contributed by atoms with Gasteiger partial charge in [0.25, 0.3) is 11.8 Å². The van der Waals surface area contributed by atoms with Gasteiger partial charge in [-0.2, -0.15) is 11.8 Å². The number of carbonyl (C=O) groups is 2. The number of nitrogens with one attached hydrogen (secondary N) is 1. The molecule has 2 amide bonds. The van der Waals surface area contributed by atoms with E-state index in [-0.39, 0.29) is 17.9 Å². The van der Waals surface area contributed by atoms with Gasteiger partial charge in [-0.15, -0.1) is 0 Å². The Morgan fingerprint density at radius 2 is 1.60 bits per heavy atom. The number of rotatable bonds is 7. The molecule has 2 atom stereocenters. The summed E-state index contributed by atoms with van der Waals surface area (Å²) in [5.41, 5.74) is -0.853. The molecule has 0 aliphatic carbocycles. The number of amidine groups is 2. The molecule has 0 aromatic carbocycles. The van der Waals surface area contributed by atoms with Crippen LogP contribution in [0.2, 0.25) is 0 Å². The third-order valence-electron chi connectivity index (χ3n) is 7.06. The van der Waals surface area contributed by atoms with Gasteiger partial charge < -0.3 is 10.2 Å². The number of piperidine rings is 1. The van der Waals surface area contributed by atoms with Crippen molar-refractivity contribution < 1.29 is 9.59 Å². The van der Waals surface area contributed by atoms with E-state index in [0.717, 1.165) is 87.5 Å². The second-order valence-electron chi connectivity index (χ2n) is 10.0. The predicted molar refractivity (Wildman–Crippen MR) is 150 cm³/mol. The number of aliphatic imine (C=N–C) groups is 2. The van der Waals surface area contributed by atoms with E-state index in [9.17, 15) is 9.59 Å². The smallest absolute Gasteiger partial charge is 0.257 e. The molecule has 2 saturated heterocycles. The molecule has 0 aromatic rings. The number of hydrogen-bond donors (Lipinski definition) is 1. The second kappa shape index (κ2) is 13.8. The first kappa shape index (κ1) is 29.8. The molecule has 2 spiro atoms. The molecule has 4 aliphatic rings. The molecule has 4 aliphatic heterocycles. The molecule has 8 heteroatoms. The Bertz CT molecular complexity index is 768. The minimum absolute atomic E-state index is 0.186. The Hall–Kier alpha value is -1.41. The van der Waals surface area contributed by atoms with Crippen LogP contribution in [0.15, 0.2) is 9.98 Å². The highest BCUT2D eigenvalue weighted by Gasteiger charge is 2.50. The number of likely N-dealkylation sites (N-methyl/N-ethyl adjacent to an activating group) is 1. The molecule has 1 N–H and O–H groups in total. The van der Waals surface area contributed by atoms with E-state index in [1.165, 1.54) is 0 Å². The Kier molecular flexibility index (Phi) is 11.7. The molecule has 0 bridgehead atoms. The summed E-state index contributed by atoms with van der Waals surface area (Å²) in [6.07, 6.45) is 9.29. The number of thioether (sulfide) groups is 1. The maximum atomic E-state index is 12.5. The van der Waals surface area contributed by atoms with E-state index < -0.39 is 11.1 Å². The van der Waals surface area contributed by atoms with Gasteiger partial charge in [0.1, 0.15) is 11.7 Å². The molecule has 2 unspecified atom stereocenters. The zero-order valence-electron chi connectivity index (χ0n) is 23.3. The van der Waals surface area contributed by atoms with Crippen molar-refractivity contribution in [3.8, 4) is 0 Å². The lowest BCUT2D eigenvalue weighted by Gasteiger charge is -2.29. The van der Waals surface area contributed by atoms with Crippen molar-refractivity contribution >= 4 is 35.2 Å². The fourth-order valence-electron chi connectivity index (χ4n) is 5.07. The summed E-state index contributed by atoms with van der Waals surface area (Å²) in [6, 6.07) is 0.239. The minimum Gasteiger partial charge on any atom is -0.314 e. The van der Waals surface area contributed by atoms with E-state index in [4.69, 9.17) is 9.98 Å². The lowest BCUT2D eigenvalue weighted by Crippen LogP contribution is -2.51. The standard InChI is InChI=1S/C13H22N2OS.C12H21N3O.C2H6/c1-4-5-6-11-14-13(7-8-17-9-13)12(16)15(11)10(2)3;1-3-4-6-10-14-12(11(16)15(10)2)7-5-8-13-9-12;1-2/h10H,4-9H2,1-3H3;13H,3-9H2,1-2H3;1-2H3. The van der Waals surface area contributed by atoms with Crippen molar-refractivity contribution in [3.05, 3.63) is 0 Å². The van der Waals surface area contributed by atoms with Crippen LogP contribution in [-0.2, 0) is 9.59 Å². The third-order valence-corrected chi connectivity index (χ3v) is 8.23. The van der Waals surface area contributed by atoms with Gasteiger partial charge in [-0.1, -0.05) is 40.5 Å². The fourth-order valence-corrected chi connectivity index (χ4v) is 6.37. The van der Waals surface area contributed by atoms with Gasteiger partial charge in [0.05, 0.1) is 0 Å². The number of hydrogen-bond acceptors (Lipinski definition) is 6. The Labute approximate surface area is 218 Å². The van der Waals surface area contributed by atoms with Crippen LogP contribution in [0.5, 0.6) is 0 Å². The van der Waals surface area contributed by atoms with Crippen molar-refractivity contribution in [2.24, 2.45) is 9.98 Å². The van der Waals surface area contributed by atoms with E-state index >= 15 is 0 Å². The molecule has 2 fully saturated rings. The molecule has 0 saturated carbocycles. The number of carbonyl (C=O) groups excluding carboxylic acids is 2. The molecule has 4 heterocycles. The summed E-state index contributed by atoms with van der Waals surface area (Å²) < 4.78 is 0. The largest absolute Gasteiger partial charge is 0.314 e. The van der Waals surface area contributed by atoms with Gasteiger partial charge in [0, 0.05) is 38.2 Å². The van der Waals surface area contributed by atoms with Crippen LogP contribution >= 0.6 is 11.8 Å². The van der Waals surface area contributed by atoms with Crippen molar-refractivity contribution in [3.63, 3.8) is 0 Å². The summed E-state index contributed by atoms with van der Waals surface area (Å²) in [7, 11) is 1.86. The van der Waals surface area contributed by atoms with E-state index in [2.05, 4.69) is 33.0 Å². The normalized spacial score (nSPS) is 27.8. The zero-order chi connectivity index (χ0) is 26.1. The molecule has 4 rings (SSSR count). The topological polar surface area (TPSA) is 77.4 Å². The minimum atomic E-state index is -0.462. The second-order valence-corrected chi connectivity index (χ2v) is 11.1. The number of unbranched alkanes of at least 4 members (excludes halogenated alkanes) is 2. The highest BCUT2D eigenvalue weighted by atomic mass is 32.2. The van der Waals surface area contributed by atoms with Crippen LogP contribution in [-0.4, -0.2) is 82.0 Å². The quantitative estimate of drug-likeness (QED) is 0.532. The molecule has 0 aromatic heterocycles. The average molecular weight is 508 g/mol. The molecular formula is C27H49N5O2S. The van der Waals surface area contributed by atoms with Crippen LogP contribution in [0.3, 0.4) is 0 Å². The Balaban J connectivity index is 0.000000231. The SMILES string of the molecule is CC.CCCCC1=NC2(CCCNC2)C(=O)N1C.CCCCC1=NC2(CCSC2)C(=O)N1C(C)C. The Morgan fingerprint density at radius 1 is 0.971 bits per heavy atom. The summed E-state index contributed by atoms with van der Waals surface area (Å²) in [4.78, 5) is 38.0. The van der Waals surface area contributed by atoms with Gasteiger partial charge in [0.2, 0.25) is 0 Å². The van der Waals surface area contributed by atoms with Crippen molar-refractivity contribution in [2.75, 3.05) is 31.6 Å². The monoisotopic (exact) mass is 507 g/mol. The Morgan fingerprint density at radius 3 is 2.11 bits per heavy atom. The maximum absolute atomic E-state index is 12.5. The fraction of sp³-hybridized carbons (Fsp3) is 0.852. The predicted octanol–water partition coefficient (Wildman–Crippen LogP) is 4.90. The van der Waals surface area contributed by atoms with Gasteiger partial charge in [-0.25, -0.2) is 0 Å². The average Bonchev–Trinajstić information content (AvgIpc) is 3.52. The first-order valence-electron chi connectivity index (χ1n) is 13.9. The third kappa shape index (κ3) is 6.68. The number of amides is 2. The number of nitrogens with zero attached hydrogens (tertiary/aromatic N) is 4. The maximum Gasteiger partial charge on any atom is 0.257 e. The summed E-state index contributed by atoms with van der Waals surface area (Å²) in [5, 5.41) is 3.29. The van der Waals surface area contributed by atoms with Crippen LogP contribution < -0.4 is 5.32 Å². The van der Waals surface area contributed by atoms with Crippen molar-refractivity contribution in [1.82, 2.24) is 15.1 Å². The molecular weight excluding hydrogens is 458 g/mol. The van der Waals surface area contributed by atoms with Gasteiger partial charge in [-0.05, 0) is 58.2 Å². The van der Waals surface area contributed by atoms with E-state index in [0.29, 0.717) is 6.54 Å². The lowest BCUT2D eigenvalue weighted by molar-refractivity contribution is -0.132. The first-order valence-corrected chi connectivity index (χ1v) is 15.0. The summed E-state index contributed by atoms with van der Waals surface area (Å²) >= 11 is 1.86. The van der Waals surface area contributed by atoms with Crippen molar-refractivity contribution in [2.45, 2.75) is 116 Å². The highest BCUT2D eigenvalue weighted by molar-refractivity contribution is 7.99. The zero-order valence-corrected chi connectivity index (χ0v) is 24.1. The van der Waals surface area contributed by atoms with Crippen LogP contribution in [0.1, 0.15) is 99.3 Å². The van der Waals surface area contributed by atoms with E-state index in [1.54, 1.807) is 4.90 Å². The van der Waals surface area contributed by atoms with Gasteiger partial charge in [-0.3, -0.25) is 24.5 Å². The van der Waals surface area contributed by atoms with E-state index in [1.807, 2.05) is 37.6 Å². The van der Waals surface area contributed by atoms with Crippen LogP contribution in [0.25, 0.3) is 0 Å². The first-order chi connectivity index (χ1) is 16.8. The van der Waals surface area contributed by atoms with Gasteiger partial charge >= 0.3 is 0 Å². The highest BCUT2D eigenvalue weighted by Crippen LogP contribution is 2.38. The summed E-state index contributed by atoms with van der Waals surface area (Å²) in [6.45, 7) is 14.2. The lowest BCUT2D eigenvalue weighted by atomic mass is 9.90. The molecule has 200 valence electrons. The molecule has 0 radical (unpaired) electrons. The van der Waals surface area contributed by atoms with Crippen molar-refractivity contribution in [1.29, 1.82) is 0 Å². The van der Waals surface area contributed by atoms with Gasteiger partial charge in [0.15, 0.2) is 11.1 Å². The van der Waals surface area contributed by atoms with Crippen LogP contribution in [0, 0.1) is 0 Å².